The van der Waals surface area contributed by atoms with Crippen molar-refractivity contribution in [3.8, 4) is 23.1 Å². The number of nitrogens with zero attached hydrogens (tertiary/aromatic N) is 4. The summed E-state index contributed by atoms with van der Waals surface area (Å²) in [5.41, 5.74) is 2.75. The lowest BCUT2D eigenvalue weighted by atomic mass is 10.0. The summed E-state index contributed by atoms with van der Waals surface area (Å²) in [5, 5.41) is 0. The standard InChI is InChI=1S/C23H22N4O4/c1-14-21(16-6-7-20(29-3)25-11-16)31-22-18(28-2)9-15(10-19(22)30-14)12-27-13-26-17-5-4-8-24-23(17)27/h4-11,13-14,21H,12H2,1-3H3/t14-,21+/m0/s1/i8D,13D. The third kappa shape index (κ3) is 3.50. The molecule has 0 radical (unpaired) electrons. The van der Waals surface area contributed by atoms with Crippen molar-refractivity contribution in [2.24, 2.45) is 0 Å². The van der Waals surface area contributed by atoms with Gasteiger partial charge in [-0.25, -0.2) is 15.0 Å². The number of hydrogen-bond acceptors (Lipinski definition) is 7. The fraction of sp³-hybridized carbons (Fsp3) is 0.261. The summed E-state index contributed by atoms with van der Waals surface area (Å²) in [7, 11) is 3.14. The van der Waals surface area contributed by atoms with Crippen LogP contribution in [0.15, 0.2) is 55.1 Å². The van der Waals surface area contributed by atoms with Crippen LogP contribution in [0.3, 0.4) is 0 Å². The average molecular weight is 420 g/mol. The molecule has 0 bridgehead atoms. The van der Waals surface area contributed by atoms with Gasteiger partial charge < -0.3 is 23.5 Å². The van der Waals surface area contributed by atoms with Gasteiger partial charge in [0.2, 0.25) is 11.6 Å². The van der Waals surface area contributed by atoms with Crippen LogP contribution in [0, 0.1) is 0 Å². The minimum absolute atomic E-state index is 0.0670. The summed E-state index contributed by atoms with van der Waals surface area (Å²) in [4.78, 5) is 12.7. The molecular formula is C23H22N4O4. The smallest absolute Gasteiger partial charge is 0.212 e. The van der Waals surface area contributed by atoms with E-state index in [1.54, 1.807) is 43.2 Å². The summed E-state index contributed by atoms with van der Waals surface area (Å²) in [6.07, 6.45) is 1.25. The Kier molecular flexibility index (Phi) is 4.25. The average Bonchev–Trinajstić information content (AvgIpc) is 3.12. The van der Waals surface area contributed by atoms with Gasteiger partial charge in [-0.3, -0.25) is 0 Å². The molecule has 0 spiro atoms. The largest absolute Gasteiger partial charge is 0.493 e. The van der Waals surface area contributed by atoms with Crippen LogP contribution in [0.1, 0.15) is 26.9 Å². The molecule has 4 heterocycles. The number of fused-ring (bicyclic) bond motifs is 2. The van der Waals surface area contributed by atoms with Gasteiger partial charge in [0.05, 0.1) is 28.4 Å². The molecule has 8 heteroatoms. The van der Waals surface area contributed by atoms with Gasteiger partial charge in [0, 0.05) is 24.0 Å². The summed E-state index contributed by atoms with van der Waals surface area (Å²) in [5.74, 6) is 2.11. The van der Waals surface area contributed by atoms with Crippen LogP contribution in [-0.4, -0.2) is 39.8 Å². The van der Waals surface area contributed by atoms with Crippen LogP contribution in [0.5, 0.6) is 23.1 Å². The van der Waals surface area contributed by atoms with Crippen LogP contribution >= 0.6 is 0 Å². The number of aromatic nitrogens is 4. The van der Waals surface area contributed by atoms with E-state index in [1.165, 1.54) is 0 Å². The van der Waals surface area contributed by atoms with E-state index < -0.39 is 0 Å². The molecule has 0 N–H and O–H groups in total. The van der Waals surface area contributed by atoms with Crippen molar-refractivity contribution in [3.05, 3.63) is 66.2 Å². The van der Waals surface area contributed by atoms with Gasteiger partial charge in [-0.05, 0) is 42.8 Å². The van der Waals surface area contributed by atoms with Gasteiger partial charge in [0.1, 0.15) is 13.0 Å². The zero-order chi connectivity index (χ0) is 23.1. The molecule has 0 fully saturated rings. The first kappa shape index (κ1) is 16.9. The molecule has 1 aromatic carbocycles. The Morgan fingerprint density at radius 1 is 1.10 bits per heavy atom. The van der Waals surface area contributed by atoms with Crippen molar-refractivity contribution in [2.75, 3.05) is 14.2 Å². The van der Waals surface area contributed by atoms with Gasteiger partial charge in [-0.1, -0.05) is 0 Å². The summed E-state index contributed by atoms with van der Waals surface area (Å²) < 4.78 is 40.9. The highest BCUT2D eigenvalue weighted by Crippen LogP contribution is 2.46. The highest BCUT2D eigenvalue weighted by atomic mass is 16.6. The van der Waals surface area contributed by atoms with Gasteiger partial charge in [0.25, 0.3) is 0 Å². The Hall–Kier alpha value is -3.81. The summed E-state index contributed by atoms with van der Waals surface area (Å²) in [6, 6.07) is 10.6. The Labute approximate surface area is 182 Å². The molecule has 2 atom stereocenters. The van der Waals surface area contributed by atoms with Gasteiger partial charge in [-0.15, -0.1) is 0 Å². The molecule has 31 heavy (non-hydrogen) atoms. The first-order valence-electron chi connectivity index (χ1n) is 10.8. The number of methoxy groups -OCH3 is 2. The molecular weight excluding hydrogens is 396 g/mol. The van der Waals surface area contributed by atoms with Crippen LogP contribution in [0.2, 0.25) is 0 Å². The fourth-order valence-corrected chi connectivity index (χ4v) is 3.67. The molecule has 0 amide bonds. The number of ether oxygens (including phenoxy) is 4. The summed E-state index contributed by atoms with van der Waals surface area (Å²) >= 11 is 0. The number of benzene rings is 1. The van der Waals surface area contributed by atoms with E-state index in [9.17, 15) is 0 Å². The van der Waals surface area contributed by atoms with E-state index in [4.69, 9.17) is 21.7 Å². The molecule has 158 valence electrons. The lowest BCUT2D eigenvalue weighted by Gasteiger charge is -2.33. The third-order valence-corrected chi connectivity index (χ3v) is 5.18. The highest BCUT2D eigenvalue weighted by Gasteiger charge is 2.32. The van der Waals surface area contributed by atoms with Crippen molar-refractivity contribution < 1.29 is 21.7 Å². The monoisotopic (exact) mass is 420 g/mol. The Morgan fingerprint density at radius 3 is 2.77 bits per heavy atom. The minimum Gasteiger partial charge on any atom is -0.493 e. The van der Waals surface area contributed by atoms with E-state index >= 15 is 0 Å². The second-order valence-electron chi connectivity index (χ2n) is 7.20. The number of hydrogen-bond donors (Lipinski definition) is 0. The minimum atomic E-state index is -0.368. The van der Waals surface area contributed by atoms with E-state index in [-0.39, 0.29) is 24.7 Å². The van der Waals surface area contributed by atoms with Crippen molar-refractivity contribution >= 4 is 11.2 Å². The predicted octanol–water partition coefficient (Wildman–Crippen LogP) is 3.79. The number of rotatable bonds is 5. The van der Waals surface area contributed by atoms with E-state index in [0.29, 0.717) is 40.8 Å². The maximum atomic E-state index is 8.24. The van der Waals surface area contributed by atoms with Crippen molar-refractivity contribution in [2.45, 2.75) is 25.7 Å². The van der Waals surface area contributed by atoms with E-state index in [1.807, 2.05) is 25.1 Å². The van der Waals surface area contributed by atoms with Crippen LogP contribution < -0.4 is 18.9 Å². The van der Waals surface area contributed by atoms with Crippen molar-refractivity contribution in [1.82, 2.24) is 19.5 Å². The van der Waals surface area contributed by atoms with Gasteiger partial charge >= 0.3 is 0 Å². The third-order valence-electron chi connectivity index (χ3n) is 5.18. The summed E-state index contributed by atoms with van der Waals surface area (Å²) in [6.45, 7) is 2.25. The Balaban J connectivity index is 1.49. The highest BCUT2D eigenvalue weighted by molar-refractivity contribution is 5.70. The maximum absolute atomic E-state index is 8.24. The lowest BCUT2D eigenvalue weighted by molar-refractivity contribution is 0.0277. The second kappa shape index (κ2) is 7.79. The lowest BCUT2D eigenvalue weighted by Crippen LogP contribution is -2.31. The zero-order valence-corrected chi connectivity index (χ0v) is 17.3. The van der Waals surface area contributed by atoms with Crippen LogP contribution in [0.25, 0.3) is 11.2 Å². The Morgan fingerprint density at radius 2 is 2.00 bits per heavy atom. The van der Waals surface area contributed by atoms with E-state index in [0.717, 1.165) is 11.1 Å². The topological polar surface area (TPSA) is 80.5 Å². The molecule has 0 aliphatic carbocycles. The van der Waals surface area contributed by atoms with Crippen molar-refractivity contribution in [3.63, 3.8) is 0 Å². The fourth-order valence-electron chi connectivity index (χ4n) is 3.67. The van der Waals surface area contributed by atoms with Crippen LogP contribution in [-0.2, 0) is 6.54 Å². The Bertz CT molecular complexity index is 1330. The molecule has 1 aliphatic heterocycles. The first-order chi connectivity index (χ1) is 16.0. The molecule has 1 aliphatic rings. The molecule has 0 saturated heterocycles. The van der Waals surface area contributed by atoms with E-state index in [2.05, 4.69) is 15.0 Å². The molecule has 0 unspecified atom stereocenters. The SMILES string of the molecule is [2H]c1ccc2nc([2H])n(Cc3cc(OC)c4c(c3)O[C@@H](C)[C@H](c3ccc(OC)nc3)O4)c2n1. The molecule has 3 aromatic heterocycles. The van der Waals surface area contributed by atoms with Crippen molar-refractivity contribution in [1.29, 1.82) is 0 Å². The van der Waals surface area contributed by atoms with Crippen LogP contribution in [0.4, 0.5) is 0 Å². The number of imidazole rings is 1. The van der Waals surface area contributed by atoms with Gasteiger partial charge in [0.15, 0.2) is 23.3 Å². The normalized spacial score (nSPS) is 18.4. The number of pyridine rings is 2. The predicted molar refractivity (Wildman–Crippen MR) is 114 cm³/mol. The zero-order valence-electron chi connectivity index (χ0n) is 19.3. The molecule has 0 saturated carbocycles. The maximum Gasteiger partial charge on any atom is 0.212 e. The second-order valence-corrected chi connectivity index (χ2v) is 7.20. The molecule has 4 aromatic rings. The first-order valence-corrected chi connectivity index (χ1v) is 9.81. The molecule has 8 nitrogen and oxygen atoms in total. The quantitative estimate of drug-likeness (QED) is 0.486. The van der Waals surface area contributed by atoms with Gasteiger partial charge in [-0.2, -0.15) is 0 Å². The molecule has 5 rings (SSSR count).